The fraction of sp³-hybridized carbons (Fsp3) is 0.458. The van der Waals surface area contributed by atoms with Crippen LogP contribution < -0.4 is 9.80 Å². The zero-order chi connectivity index (χ0) is 21.0. The van der Waals surface area contributed by atoms with Gasteiger partial charge in [0.15, 0.2) is 6.04 Å². The lowest BCUT2D eigenvalue weighted by molar-refractivity contribution is -0.915. The molecule has 1 atom stereocenters. The Morgan fingerprint density at radius 2 is 1.66 bits per heavy atom. The summed E-state index contributed by atoms with van der Waals surface area (Å²) in [5, 5.41) is 9.49. The number of rotatable bonds is 5. The standard InChI is InChI=1S/C24H33N3O2/c1-19(23(29)27(24(2,3)4)18-20-8-6-5-7-9-20)25-14-16-26(17-15-25)21-10-12-22(28)13-11-21/h5-13,19,28H,14-18H2,1-4H3/p+1/t19-/m1/s1. The van der Waals surface area contributed by atoms with E-state index in [0.717, 1.165) is 37.4 Å². The quantitative estimate of drug-likeness (QED) is 0.815. The van der Waals surface area contributed by atoms with E-state index in [0.29, 0.717) is 6.54 Å². The van der Waals surface area contributed by atoms with Crippen molar-refractivity contribution >= 4 is 11.6 Å². The summed E-state index contributed by atoms with van der Waals surface area (Å²) in [7, 11) is 0. The number of hydrogen-bond acceptors (Lipinski definition) is 3. The fourth-order valence-electron chi connectivity index (χ4n) is 3.97. The van der Waals surface area contributed by atoms with Crippen molar-refractivity contribution < 1.29 is 14.8 Å². The smallest absolute Gasteiger partial charge is 0.281 e. The minimum atomic E-state index is -0.228. The number of phenolic OH excluding ortho intramolecular Hbond substituents is 1. The summed E-state index contributed by atoms with van der Waals surface area (Å²) < 4.78 is 0. The first kappa shape index (κ1) is 21.2. The summed E-state index contributed by atoms with van der Waals surface area (Å²) in [5.74, 6) is 0.507. The van der Waals surface area contributed by atoms with Gasteiger partial charge in [0.1, 0.15) is 5.75 Å². The molecule has 2 aromatic carbocycles. The van der Waals surface area contributed by atoms with Crippen molar-refractivity contribution in [2.24, 2.45) is 0 Å². The molecule has 0 radical (unpaired) electrons. The minimum Gasteiger partial charge on any atom is -0.508 e. The van der Waals surface area contributed by atoms with E-state index in [4.69, 9.17) is 0 Å². The Bertz CT molecular complexity index is 791. The molecular formula is C24H34N3O2+. The minimum absolute atomic E-state index is 0.0695. The highest BCUT2D eigenvalue weighted by Crippen LogP contribution is 2.20. The van der Waals surface area contributed by atoms with E-state index in [-0.39, 0.29) is 23.2 Å². The third-order valence-corrected chi connectivity index (χ3v) is 5.86. The number of carbonyl (C=O) groups excluding carboxylic acids is 1. The van der Waals surface area contributed by atoms with Crippen LogP contribution in [0.3, 0.4) is 0 Å². The summed E-state index contributed by atoms with van der Waals surface area (Å²) in [4.78, 5) is 19.1. The number of aromatic hydroxyl groups is 1. The van der Waals surface area contributed by atoms with Gasteiger partial charge in [-0.05, 0) is 57.5 Å². The first-order valence-electron chi connectivity index (χ1n) is 10.5. The van der Waals surface area contributed by atoms with Gasteiger partial charge in [-0.1, -0.05) is 30.3 Å². The third kappa shape index (κ3) is 5.30. The number of nitrogens with one attached hydrogen (secondary N) is 1. The van der Waals surface area contributed by atoms with Crippen molar-refractivity contribution in [3.63, 3.8) is 0 Å². The maximum Gasteiger partial charge on any atom is 0.281 e. The Morgan fingerprint density at radius 3 is 2.21 bits per heavy atom. The van der Waals surface area contributed by atoms with Crippen molar-refractivity contribution in [1.82, 2.24) is 4.90 Å². The Hall–Kier alpha value is -2.53. The van der Waals surface area contributed by atoms with Gasteiger partial charge in [0, 0.05) is 17.8 Å². The summed E-state index contributed by atoms with van der Waals surface area (Å²) in [5.41, 5.74) is 2.06. The molecule has 0 spiro atoms. The van der Waals surface area contributed by atoms with Crippen LogP contribution in [-0.2, 0) is 11.3 Å². The molecule has 3 rings (SSSR count). The lowest BCUT2D eigenvalue weighted by atomic mass is 10.0. The van der Waals surface area contributed by atoms with Crippen LogP contribution in [-0.4, -0.2) is 53.7 Å². The number of hydrogen-bond donors (Lipinski definition) is 2. The van der Waals surface area contributed by atoms with E-state index < -0.39 is 0 Å². The molecule has 1 saturated heterocycles. The van der Waals surface area contributed by atoms with Gasteiger partial charge in [-0.3, -0.25) is 4.79 Å². The number of amides is 1. The van der Waals surface area contributed by atoms with Crippen molar-refractivity contribution in [2.45, 2.75) is 45.8 Å². The Balaban J connectivity index is 1.64. The zero-order valence-electron chi connectivity index (χ0n) is 18.1. The molecule has 156 valence electrons. The average molecular weight is 397 g/mol. The van der Waals surface area contributed by atoms with Crippen molar-refractivity contribution in [3.8, 4) is 5.75 Å². The average Bonchev–Trinajstić information content (AvgIpc) is 2.72. The third-order valence-electron chi connectivity index (χ3n) is 5.86. The second-order valence-electron chi connectivity index (χ2n) is 8.96. The van der Waals surface area contributed by atoms with Gasteiger partial charge in [0.2, 0.25) is 0 Å². The maximum atomic E-state index is 13.4. The maximum absolute atomic E-state index is 13.4. The number of anilines is 1. The Morgan fingerprint density at radius 1 is 1.07 bits per heavy atom. The lowest BCUT2D eigenvalue weighted by Crippen LogP contribution is -3.19. The largest absolute Gasteiger partial charge is 0.508 e. The van der Waals surface area contributed by atoms with Crippen molar-refractivity contribution in [2.75, 3.05) is 31.1 Å². The summed E-state index contributed by atoms with van der Waals surface area (Å²) in [6, 6.07) is 17.5. The molecule has 5 heteroatoms. The number of carbonyl (C=O) groups is 1. The van der Waals surface area contributed by atoms with Gasteiger partial charge in [-0.25, -0.2) is 0 Å². The van der Waals surface area contributed by atoms with Gasteiger partial charge in [-0.2, -0.15) is 0 Å². The highest BCUT2D eigenvalue weighted by molar-refractivity contribution is 5.81. The fourth-order valence-corrected chi connectivity index (χ4v) is 3.97. The molecule has 0 unspecified atom stereocenters. The molecule has 0 saturated carbocycles. The second kappa shape index (κ2) is 8.87. The van der Waals surface area contributed by atoms with Gasteiger partial charge in [0.05, 0.1) is 26.2 Å². The molecule has 1 aliphatic heterocycles. The highest BCUT2D eigenvalue weighted by atomic mass is 16.3. The first-order chi connectivity index (χ1) is 13.8. The van der Waals surface area contributed by atoms with Crippen LogP contribution >= 0.6 is 0 Å². The van der Waals surface area contributed by atoms with Gasteiger partial charge in [0.25, 0.3) is 5.91 Å². The Labute approximate surface area is 174 Å². The molecule has 1 amide bonds. The molecule has 1 aliphatic rings. The number of piperazine rings is 1. The van der Waals surface area contributed by atoms with Gasteiger partial charge in [-0.15, -0.1) is 0 Å². The molecule has 0 aliphatic carbocycles. The van der Waals surface area contributed by atoms with Crippen LogP contribution in [0.2, 0.25) is 0 Å². The molecule has 1 fully saturated rings. The van der Waals surface area contributed by atoms with E-state index in [9.17, 15) is 9.90 Å². The van der Waals surface area contributed by atoms with E-state index in [1.54, 1.807) is 12.1 Å². The highest BCUT2D eigenvalue weighted by Gasteiger charge is 2.36. The van der Waals surface area contributed by atoms with Crippen LogP contribution in [0.1, 0.15) is 33.3 Å². The molecule has 1 heterocycles. The molecule has 0 bridgehead atoms. The van der Waals surface area contributed by atoms with Crippen molar-refractivity contribution in [3.05, 3.63) is 60.2 Å². The molecule has 0 aromatic heterocycles. The lowest BCUT2D eigenvalue weighted by Gasteiger charge is -2.41. The monoisotopic (exact) mass is 396 g/mol. The van der Waals surface area contributed by atoms with E-state index in [1.165, 1.54) is 4.90 Å². The van der Waals surface area contributed by atoms with Crippen molar-refractivity contribution in [1.29, 1.82) is 0 Å². The molecule has 29 heavy (non-hydrogen) atoms. The SMILES string of the molecule is C[C@H](C(=O)N(Cc1ccccc1)C(C)(C)C)[NH+]1CCN(c2ccc(O)cc2)CC1. The normalized spacial score (nSPS) is 16.5. The zero-order valence-corrected chi connectivity index (χ0v) is 18.1. The number of nitrogens with zero attached hydrogens (tertiary/aromatic N) is 2. The van der Waals surface area contributed by atoms with E-state index in [2.05, 4.69) is 44.7 Å². The predicted molar refractivity (Wildman–Crippen MR) is 117 cm³/mol. The van der Waals surface area contributed by atoms with Crippen LogP contribution in [0, 0.1) is 0 Å². The number of benzene rings is 2. The molecule has 2 aromatic rings. The summed E-state index contributed by atoms with van der Waals surface area (Å²) >= 11 is 0. The van der Waals surface area contributed by atoms with E-state index >= 15 is 0 Å². The topological polar surface area (TPSA) is 48.2 Å². The van der Waals surface area contributed by atoms with Gasteiger partial charge < -0.3 is 19.8 Å². The predicted octanol–water partition coefficient (Wildman–Crippen LogP) is 2.31. The van der Waals surface area contributed by atoms with Crippen LogP contribution in [0.15, 0.2) is 54.6 Å². The summed E-state index contributed by atoms with van der Waals surface area (Å²) in [6.45, 7) is 12.7. The summed E-state index contributed by atoms with van der Waals surface area (Å²) in [6.07, 6.45) is 0. The van der Waals surface area contributed by atoms with Crippen LogP contribution in [0.25, 0.3) is 0 Å². The van der Waals surface area contributed by atoms with Crippen LogP contribution in [0.5, 0.6) is 5.75 Å². The number of quaternary nitrogens is 1. The van der Waals surface area contributed by atoms with Gasteiger partial charge >= 0.3 is 0 Å². The molecular weight excluding hydrogens is 362 g/mol. The van der Waals surface area contributed by atoms with Crippen LogP contribution in [0.4, 0.5) is 5.69 Å². The Kier molecular flexibility index (Phi) is 6.48. The molecule has 5 nitrogen and oxygen atoms in total. The second-order valence-corrected chi connectivity index (χ2v) is 8.96. The molecule has 2 N–H and O–H groups in total. The first-order valence-corrected chi connectivity index (χ1v) is 10.5. The van der Waals surface area contributed by atoms with E-state index in [1.807, 2.05) is 35.2 Å². The number of phenols is 1.